The first-order valence-electron chi connectivity index (χ1n) is 12.6. The number of benzene rings is 2. The van der Waals surface area contributed by atoms with E-state index in [-0.39, 0.29) is 46.5 Å². The third-order valence-corrected chi connectivity index (χ3v) is 6.91. The van der Waals surface area contributed by atoms with Crippen molar-refractivity contribution < 1.29 is 23.2 Å². The average molecular weight is 558 g/mol. The van der Waals surface area contributed by atoms with Gasteiger partial charge < -0.3 is 5.32 Å². The molecule has 13 heteroatoms. The van der Waals surface area contributed by atoms with E-state index in [0.29, 0.717) is 11.3 Å². The number of imide groups is 1. The molecule has 2 N–H and O–H groups in total. The van der Waals surface area contributed by atoms with E-state index in [0.717, 1.165) is 0 Å². The molecular weight excluding hydrogens is 536 g/mol. The molecule has 1 aliphatic heterocycles. The molecule has 3 amide bonds. The van der Waals surface area contributed by atoms with Gasteiger partial charge in [0.1, 0.15) is 28.6 Å². The van der Waals surface area contributed by atoms with Crippen molar-refractivity contribution in [2.24, 2.45) is 0 Å². The van der Waals surface area contributed by atoms with Gasteiger partial charge in [-0.1, -0.05) is 36.4 Å². The van der Waals surface area contributed by atoms with Crippen molar-refractivity contribution in [2.75, 3.05) is 5.32 Å². The molecule has 41 heavy (non-hydrogen) atoms. The zero-order valence-corrected chi connectivity index (χ0v) is 21.5. The van der Waals surface area contributed by atoms with Crippen molar-refractivity contribution in [3.63, 3.8) is 0 Å². The second-order valence-corrected chi connectivity index (χ2v) is 9.48. The van der Waals surface area contributed by atoms with Gasteiger partial charge in [-0.15, -0.1) is 0 Å². The molecule has 0 bridgehead atoms. The van der Waals surface area contributed by atoms with Crippen LogP contribution in [0, 0.1) is 6.92 Å². The fourth-order valence-electron chi connectivity index (χ4n) is 4.98. The van der Waals surface area contributed by atoms with E-state index in [2.05, 4.69) is 25.7 Å². The number of carbonyl (C=O) groups excluding carboxylic acids is 3. The fraction of sp³-hybridized carbons (Fsp3) is 0.179. The molecule has 4 heterocycles. The highest BCUT2D eigenvalue weighted by molar-refractivity contribution is 6.11. The Morgan fingerprint density at radius 3 is 2.59 bits per heavy atom. The van der Waals surface area contributed by atoms with Crippen molar-refractivity contribution in [2.45, 2.75) is 32.2 Å². The molecule has 0 saturated carbocycles. The van der Waals surface area contributed by atoms with Crippen molar-refractivity contribution in [1.82, 2.24) is 29.5 Å². The molecule has 1 saturated heterocycles. The molecule has 1 fully saturated rings. The van der Waals surface area contributed by atoms with Gasteiger partial charge in [-0.2, -0.15) is 5.10 Å². The minimum atomic E-state index is -2.88. The maximum atomic E-state index is 13.8. The molecule has 6 rings (SSSR count). The topological polar surface area (TPSA) is 140 Å². The van der Waals surface area contributed by atoms with E-state index < -0.39 is 41.4 Å². The fourth-order valence-corrected chi connectivity index (χ4v) is 4.98. The molecule has 3 aromatic heterocycles. The van der Waals surface area contributed by atoms with Crippen LogP contribution >= 0.6 is 0 Å². The van der Waals surface area contributed by atoms with E-state index in [1.807, 2.05) is 0 Å². The van der Waals surface area contributed by atoms with Gasteiger partial charge in [-0.3, -0.25) is 29.1 Å². The van der Waals surface area contributed by atoms with Crippen LogP contribution in [0.1, 0.15) is 47.2 Å². The summed E-state index contributed by atoms with van der Waals surface area (Å²) in [5.74, 6) is -1.48. The van der Waals surface area contributed by atoms with Gasteiger partial charge in [0, 0.05) is 12.0 Å². The van der Waals surface area contributed by atoms with Crippen molar-refractivity contribution >= 4 is 40.0 Å². The zero-order valence-electron chi connectivity index (χ0n) is 21.5. The Balaban J connectivity index is 1.41. The maximum Gasteiger partial charge on any atom is 0.280 e. The summed E-state index contributed by atoms with van der Waals surface area (Å²) in [6.45, 7) is 1.55. The molecule has 5 aromatic rings. The standard InChI is InChI=1S/C28H21F2N7O4/c1-14-32-23-16(28(41)36(14)20-10-11-22(38)35-27(20)40)8-5-9-18(23)34-26(39)17-13-31-37-21(15-6-3-2-4-7-15)12-19(24(29)30)33-25(17)37/h2-9,12-13,20,24H,10-11H2,1H3,(H,34,39)(H,35,38,40). The number of aryl methyl sites for hydroxylation is 1. The number of fused-ring (bicyclic) bond motifs is 2. The summed E-state index contributed by atoms with van der Waals surface area (Å²) in [5.41, 5.74) is 0.163. The van der Waals surface area contributed by atoms with Gasteiger partial charge in [0.2, 0.25) is 11.8 Å². The van der Waals surface area contributed by atoms with Crippen LogP contribution in [0.4, 0.5) is 14.5 Å². The van der Waals surface area contributed by atoms with Crippen molar-refractivity contribution in [3.05, 3.63) is 88.2 Å². The molecule has 11 nitrogen and oxygen atoms in total. The van der Waals surface area contributed by atoms with Gasteiger partial charge in [-0.05, 0) is 31.5 Å². The van der Waals surface area contributed by atoms with Gasteiger partial charge >= 0.3 is 0 Å². The minimum absolute atomic E-state index is 0.0599. The third-order valence-electron chi connectivity index (χ3n) is 6.91. The number of nitrogens with one attached hydrogen (secondary N) is 2. The first-order chi connectivity index (χ1) is 19.7. The lowest BCUT2D eigenvalue weighted by atomic mass is 10.1. The van der Waals surface area contributed by atoms with Crippen LogP contribution in [-0.4, -0.2) is 41.9 Å². The monoisotopic (exact) mass is 557 g/mol. The number of piperidine rings is 1. The van der Waals surface area contributed by atoms with Crippen LogP contribution in [0.3, 0.4) is 0 Å². The number of hydrogen-bond donors (Lipinski definition) is 2. The molecule has 1 aliphatic rings. The summed E-state index contributed by atoms with van der Waals surface area (Å²) in [7, 11) is 0. The number of nitrogens with zero attached hydrogens (tertiary/aromatic N) is 5. The molecular formula is C28H21F2N7O4. The Morgan fingerprint density at radius 1 is 1.07 bits per heavy atom. The van der Waals surface area contributed by atoms with E-state index in [4.69, 9.17) is 0 Å². The minimum Gasteiger partial charge on any atom is -0.320 e. The highest BCUT2D eigenvalue weighted by Crippen LogP contribution is 2.28. The number of para-hydroxylation sites is 1. The van der Waals surface area contributed by atoms with E-state index in [1.54, 1.807) is 49.4 Å². The first kappa shape index (κ1) is 25.9. The largest absolute Gasteiger partial charge is 0.320 e. The Morgan fingerprint density at radius 2 is 1.85 bits per heavy atom. The highest BCUT2D eigenvalue weighted by atomic mass is 19.3. The van der Waals surface area contributed by atoms with Gasteiger partial charge in [0.05, 0.1) is 23.0 Å². The van der Waals surface area contributed by atoms with Crippen LogP contribution in [0.25, 0.3) is 27.8 Å². The lowest BCUT2D eigenvalue weighted by Crippen LogP contribution is -2.45. The number of anilines is 1. The lowest BCUT2D eigenvalue weighted by molar-refractivity contribution is -0.135. The van der Waals surface area contributed by atoms with E-state index in [9.17, 15) is 28.0 Å². The molecule has 2 aromatic carbocycles. The molecule has 1 atom stereocenters. The average Bonchev–Trinajstić information content (AvgIpc) is 3.39. The quantitative estimate of drug-likeness (QED) is 0.315. The summed E-state index contributed by atoms with van der Waals surface area (Å²) in [5, 5.41) is 9.32. The zero-order chi connectivity index (χ0) is 28.8. The Hall–Kier alpha value is -5.33. The maximum absolute atomic E-state index is 13.8. The number of aromatic nitrogens is 5. The van der Waals surface area contributed by atoms with Crippen LogP contribution in [-0.2, 0) is 9.59 Å². The summed E-state index contributed by atoms with van der Waals surface area (Å²) < 4.78 is 30.1. The van der Waals surface area contributed by atoms with Gasteiger partial charge in [0.25, 0.3) is 17.9 Å². The summed E-state index contributed by atoms with van der Waals surface area (Å²) in [6.07, 6.45) is -1.41. The van der Waals surface area contributed by atoms with Crippen LogP contribution < -0.4 is 16.2 Å². The summed E-state index contributed by atoms with van der Waals surface area (Å²) in [4.78, 5) is 59.4. The first-order valence-corrected chi connectivity index (χ1v) is 12.6. The number of rotatable bonds is 5. The van der Waals surface area contributed by atoms with Crippen LogP contribution in [0.2, 0.25) is 0 Å². The van der Waals surface area contributed by atoms with E-state index >= 15 is 0 Å². The SMILES string of the molecule is Cc1nc2c(NC(=O)c3cnn4c(-c5ccccc5)cc(C(F)F)nc34)cccc2c(=O)n1C1CCC(=O)NC1=O. The molecule has 206 valence electrons. The second-order valence-electron chi connectivity index (χ2n) is 9.48. The van der Waals surface area contributed by atoms with E-state index in [1.165, 1.54) is 27.4 Å². The number of amides is 3. The number of hydrogen-bond acceptors (Lipinski definition) is 7. The Labute approximate surface area is 229 Å². The molecule has 0 radical (unpaired) electrons. The van der Waals surface area contributed by atoms with Crippen molar-refractivity contribution in [3.8, 4) is 11.3 Å². The lowest BCUT2D eigenvalue weighted by Gasteiger charge is -2.24. The normalized spacial score (nSPS) is 15.5. The molecule has 0 spiro atoms. The molecule has 1 unspecified atom stereocenters. The predicted molar refractivity (Wildman–Crippen MR) is 143 cm³/mol. The van der Waals surface area contributed by atoms with Crippen LogP contribution in [0.5, 0.6) is 0 Å². The van der Waals surface area contributed by atoms with Gasteiger partial charge in [-0.25, -0.2) is 23.3 Å². The van der Waals surface area contributed by atoms with Crippen LogP contribution in [0.15, 0.2) is 65.6 Å². The number of halogens is 2. The third kappa shape index (κ3) is 4.50. The highest BCUT2D eigenvalue weighted by Gasteiger charge is 2.31. The summed E-state index contributed by atoms with van der Waals surface area (Å²) >= 11 is 0. The molecule has 0 aliphatic carbocycles. The summed E-state index contributed by atoms with van der Waals surface area (Å²) in [6, 6.07) is 13.7. The Bertz CT molecular complexity index is 1940. The number of alkyl halides is 2. The van der Waals surface area contributed by atoms with Gasteiger partial charge in [0.15, 0.2) is 5.65 Å². The second kappa shape index (κ2) is 10.0. The Kier molecular flexibility index (Phi) is 6.33. The smallest absolute Gasteiger partial charge is 0.280 e. The van der Waals surface area contributed by atoms with Crippen molar-refractivity contribution in [1.29, 1.82) is 0 Å². The predicted octanol–water partition coefficient (Wildman–Crippen LogP) is 3.58. The number of carbonyl (C=O) groups is 3.